The monoisotopic (exact) mass is 283 g/mol. The molecule has 0 saturated heterocycles. The van der Waals surface area contributed by atoms with Gasteiger partial charge in [-0.2, -0.15) is 0 Å². The van der Waals surface area contributed by atoms with Crippen LogP contribution in [-0.2, 0) is 9.59 Å². The Hall–Kier alpha value is -1.10. The van der Waals surface area contributed by atoms with Crippen LogP contribution in [0.3, 0.4) is 0 Å². The third kappa shape index (κ3) is 5.90. The van der Waals surface area contributed by atoms with Gasteiger partial charge in [0.2, 0.25) is 11.8 Å². The molecular weight excluding hydrogens is 254 g/mol. The van der Waals surface area contributed by atoms with Crippen molar-refractivity contribution in [3.63, 3.8) is 0 Å². The number of carbonyl (C=O) groups excluding carboxylic acids is 2. The van der Waals surface area contributed by atoms with E-state index in [-0.39, 0.29) is 23.8 Å². The highest BCUT2D eigenvalue weighted by molar-refractivity contribution is 5.80. The van der Waals surface area contributed by atoms with E-state index in [1.165, 1.54) is 0 Å². The molecule has 0 heterocycles. The Morgan fingerprint density at radius 1 is 1.25 bits per heavy atom. The lowest BCUT2D eigenvalue weighted by Gasteiger charge is -2.30. The van der Waals surface area contributed by atoms with Crippen molar-refractivity contribution in [3.05, 3.63) is 0 Å². The van der Waals surface area contributed by atoms with Crippen LogP contribution < -0.4 is 16.4 Å². The second-order valence-electron chi connectivity index (χ2n) is 5.87. The molecule has 3 atom stereocenters. The summed E-state index contributed by atoms with van der Waals surface area (Å²) in [6, 6.07) is 0.240. The lowest BCUT2D eigenvalue weighted by Crippen LogP contribution is -2.39. The summed E-state index contributed by atoms with van der Waals surface area (Å²) in [4.78, 5) is 23.5. The van der Waals surface area contributed by atoms with Gasteiger partial charge in [0.15, 0.2) is 0 Å². The fourth-order valence-corrected chi connectivity index (χ4v) is 2.75. The van der Waals surface area contributed by atoms with Gasteiger partial charge in [0.05, 0.1) is 0 Å². The Balaban J connectivity index is 2.22. The van der Waals surface area contributed by atoms with E-state index >= 15 is 0 Å². The standard InChI is InChI=1S/C15H29N3O2/c1-3-8-17-14(19)7-9-18-15(20)11(2)12-5-4-6-13(16)10-12/h11-13H,3-10,16H2,1-2H3,(H,17,19)(H,18,20). The molecule has 1 saturated carbocycles. The van der Waals surface area contributed by atoms with E-state index in [1.54, 1.807) is 0 Å². The third-order valence-electron chi connectivity index (χ3n) is 4.10. The zero-order chi connectivity index (χ0) is 15.0. The first-order valence-corrected chi connectivity index (χ1v) is 7.84. The van der Waals surface area contributed by atoms with Crippen LogP contribution in [-0.4, -0.2) is 30.9 Å². The fourth-order valence-electron chi connectivity index (χ4n) is 2.75. The molecule has 0 aromatic carbocycles. The van der Waals surface area contributed by atoms with Crippen molar-refractivity contribution in [3.8, 4) is 0 Å². The number of amides is 2. The van der Waals surface area contributed by atoms with Crippen molar-refractivity contribution in [2.24, 2.45) is 17.6 Å². The van der Waals surface area contributed by atoms with E-state index < -0.39 is 0 Å². The van der Waals surface area contributed by atoms with Gasteiger partial charge in [-0.3, -0.25) is 9.59 Å². The highest BCUT2D eigenvalue weighted by Crippen LogP contribution is 2.29. The van der Waals surface area contributed by atoms with Gasteiger partial charge in [0.1, 0.15) is 0 Å². The molecule has 1 aliphatic rings. The second kappa shape index (κ2) is 8.95. The molecule has 1 aliphatic carbocycles. The molecule has 2 amide bonds. The predicted molar refractivity (Wildman–Crippen MR) is 80.0 cm³/mol. The lowest BCUT2D eigenvalue weighted by atomic mass is 9.78. The minimum atomic E-state index is -0.0138. The molecule has 5 heteroatoms. The summed E-state index contributed by atoms with van der Waals surface area (Å²) in [5.41, 5.74) is 5.96. The largest absolute Gasteiger partial charge is 0.356 e. The smallest absolute Gasteiger partial charge is 0.223 e. The first kappa shape index (κ1) is 17.0. The van der Waals surface area contributed by atoms with Crippen molar-refractivity contribution in [2.45, 2.75) is 58.4 Å². The molecule has 3 unspecified atom stereocenters. The molecule has 1 rings (SSSR count). The van der Waals surface area contributed by atoms with E-state index in [4.69, 9.17) is 5.73 Å². The SMILES string of the molecule is CCCNC(=O)CCNC(=O)C(C)C1CCCC(N)C1. The predicted octanol–water partition coefficient (Wildman–Crippen LogP) is 1.17. The van der Waals surface area contributed by atoms with Crippen molar-refractivity contribution in [1.82, 2.24) is 10.6 Å². The Morgan fingerprint density at radius 3 is 2.65 bits per heavy atom. The van der Waals surface area contributed by atoms with Crippen LogP contribution in [0.5, 0.6) is 0 Å². The maximum absolute atomic E-state index is 12.1. The summed E-state index contributed by atoms with van der Waals surface area (Å²) in [5, 5.41) is 5.66. The number of hydrogen-bond donors (Lipinski definition) is 3. The Labute approximate surface area is 122 Å². The molecule has 4 N–H and O–H groups in total. The summed E-state index contributed by atoms with van der Waals surface area (Å²) < 4.78 is 0. The maximum Gasteiger partial charge on any atom is 0.223 e. The van der Waals surface area contributed by atoms with Crippen LogP contribution in [0.15, 0.2) is 0 Å². The average molecular weight is 283 g/mol. The van der Waals surface area contributed by atoms with Gasteiger partial charge in [-0.15, -0.1) is 0 Å². The zero-order valence-electron chi connectivity index (χ0n) is 12.8. The summed E-state index contributed by atoms with van der Waals surface area (Å²) >= 11 is 0. The highest BCUT2D eigenvalue weighted by Gasteiger charge is 2.28. The molecule has 1 fully saturated rings. The van der Waals surface area contributed by atoms with Crippen LogP contribution in [0, 0.1) is 11.8 Å². The van der Waals surface area contributed by atoms with Crippen LogP contribution in [0.4, 0.5) is 0 Å². The summed E-state index contributed by atoms with van der Waals surface area (Å²) in [7, 11) is 0. The number of nitrogens with two attached hydrogens (primary N) is 1. The summed E-state index contributed by atoms with van der Waals surface area (Å²) in [5.74, 6) is 0.416. The van der Waals surface area contributed by atoms with E-state index in [9.17, 15) is 9.59 Å². The Morgan fingerprint density at radius 2 is 2.00 bits per heavy atom. The van der Waals surface area contributed by atoms with Crippen LogP contribution in [0.2, 0.25) is 0 Å². The molecule has 0 spiro atoms. The third-order valence-corrected chi connectivity index (χ3v) is 4.10. The molecule has 116 valence electrons. The van der Waals surface area contributed by atoms with Gasteiger partial charge in [-0.1, -0.05) is 20.3 Å². The Bertz CT molecular complexity index is 320. The Kier molecular flexibility index (Phi) is 7.59. The van der Waals surface area contributed by atoms with Crippen molar-refractivity contribution >= 4 is 11.8 Å². The topological polar surface area (TPSA) is 84.2 Å². The van der Waals surface area contributed by atoms with Crippen LogP contribution >= 0.6 is 0 Å². The van der Waals surface area contributed by atoms with Crippen LogP contribution in [0.1, 0.15) is 52.4 Å². The van der Waals surface area contributed by atoms with Crippen molar-refractivity contribution in [2.75, 3.05) is 13.1 Å². The van der Waals surface area contributed by atoms with Crippen LogP contribution in [0.25, 0.3) is 0 Å². The molecule has 20 heavy (non-hydrogen) atoms. The minimum absolute atomic E-state index is 0.000471. The average Bonchev–Trinajstić information content (AvgIpc) is 2.44. The lowest BCUT2D eigenvalue weighted by molar-refractivity contribution is -0.126. The molecule has 0 aliphatic heterocycles. The molecular formula is C15H29N3O2. The second-order valence-corrected chi connectivity index (χ2v) is 5.87. The summed E-state index contributed by atoms with van der Waals surface area (Å²) in [6.45, 7) is 5.09. The normalized spacial score (nSPS) is 23.9. The van der Waals surface area contributed by atoms with Gasteiger partial charge < -0.3 is 16.4 Å². The van der Waals surface area contributed by atoms with Gasteiger partial charge in [-0.25, -0.2) is 0 Å². The van der Waals surface area contributed by atoms with Gasteiger partial charge in [0.25, 0.3) is 0 Å². The first-order chi connectivity index (χ1) is 9.54. The molecule has 0 aromatic heterocycles. The maximum atomic E-state index is 12.1. The summed E-state index contributed by atoms with van der Waals surface area (Å²) in [6.07, 6.45) is 5.48. The zero-order valence-corrected chi connectivity index (χ0v) is 12.8. The van der Waals surface area contributed by atoms with E-state index in [1.807, 2.05) is 13.8 Å². The van der Waals surface area contributed by atoms with Gasteiger partial charge in [-0.05, 0) is 31.6 Å². The van der Waals surface area contributed by atoms with E-state index in [0.717, 1.165) is 32.1 Å². The van der Waals surface area contributed by atoms with Gasteiger partial charge >= 0.3 is 0 Å². The van der Waals surface area contributed by atoms with Crippen molar-refractivity contribution < 1.29 is 9.59 Å². The van der Waals surface area contributed by atoms with Gasteiger partial charge in [0, 0.05) is 31.5 Å². The molecule has 0 aromatic rings. The molecule has 0 bridgehead atoms. The highest BCUT2D eigenvalue weighted by atomic mass is 16.2. The first-order valence-electron chi connectivity index (χ1n) is 7.84. The quantitative estimate of drug-likeness (QED) is 0.656. The van der Waals surface area contributed by atoms with E-state index in [0.29, 0.717) is 25.4 Å². The number of rotatable bonds is 7. The molecule has 5 nitrogen and oxygen atoms in total. The fraction of sp³-hybridized carbons (Fsp3) is 0.867. The van der Waals surface area contributed by atoms with E-state index in [2.05, 4.69) is 10.6 Å². The molecule has 0 radical (unpaired) electrons. The number of nitrogens with one attached hydrogen (secondary N) is 2. The van der Waals surface area contributed by atoms with Crippen molar-refractivity contribution in [1.29, 1.82) is 0 Å². The minimum Gasteiger partial charge on any atom is -0.356 e. The number of hydrogen-bond acceptors (Lipinski definition) is 3. The number of carbonyl (C=O) groups is 2.